The van der Waals surface area contributed by atoms with Crippen molar-refractivity contribution in [1.82, 2.24) is 15.5 Å². The van der Waals surface area contributed by atoms with Crippen LogP contribution in [-0.4, -0.2) is 54.9 Å². The van der Waals surface area contributed by atoms with Crippen LogP contribution in [0.3, 0.4) is 0 Å². The number of hydrogen-bond donors (Lipinski definition) is 2. The normalized spacial score (nSPS) is 17.1. The van der Waals surface area contributed by atoms with Crippen molar-refractivity contribution in [3.8, 4) is 0 Å². The van der Waals surface area contributed by atoms with E-state index in [1.165, 1.54) is 0 Å². The van der Waals surface area contributed by atoms with E-state index in [0.717, 1.165) is 37.9 Å². The number of amides is 2. The fourth-order valence-electron chi connectivity index (χ4n) is 3.02. The highest BCUT2D eigenvalue weighted by Gasteiger charge is 2.24. The molecule has 0 aliphatic carbocycles. The minimum absolute atomic E-state index is 0.250. The second-order valence-corrected chi connectivity index (χ2v) is 8.06. The molecule has 1 atom stereocenters. The summed E-state index contributed by atoms with van der Waals surface area (Å²) in [5, 5.41) is 6.21. The fourth-order valence-corrected chi connectivity index (χ4v) is 3.02. The molecule has 2 N–H and O–H groups in total. The zero-order valence-corrected chi connectivity index (χ0v) is 17.2. The first kappa shape index (κ1) is 22.0. The van der Waals surface area contributed by atoms with E-state index in [1.807, 2.05) is 51.1 Å². The van der Waals surface area contributed by atoms with Gasteiger partial charge in [-0.15, -0.1) is 0 Å². The average Bonchev–Trinajstić information content (AvgIpc) is 2.65. The smallest absolute Gasteiger partial charge is 0.410 e. The molecule has 156 valence electrons. The van der Waals surface area contributed by atoms with Gasteiger partial charge in [-0.2, -0.15) is 0 Å². The third-order valence-corrected chi connectivity index (χ3v) is 4.34. The first-order chi connectivity index (χ1) is 13.3. The number of piperidine rings is 1. The Balaban J connectivity index is 1.60. The van der Waals surface area contributed by atoms with Crippen LogP contribution in [0, 0.1) is 0 Å². The van der Waals surface area contributed by atoms with Crippen molar-refractivity contribution < 1.29 is 19.1 Å². The summed E-state index contributed by atoms with van der Waals surface area (Å²) in [6.07, 6.45) is 2.13. The first-order valence-electron chi connectivity index (χ1n) is 9.99. The number of nitrogens with zero attached hydrogens (tertiary/aromatic N) is 1. The SMILES string of the molecule is CC(C)(C)OC(=O)NCCCN[C@H]1CCCN(C(=O)OCc2ccccc2)C1. The van der Waals surface area contributed by atoms with Crippen molar-refractivity contribution in [1.29, 1.82) is 0 Å². The Morgan fingerprint density at radius 3 is 2.64 bits per heavy atom. The van der Waals surface area contributed by atoms with Gasteiger partial charge in [-0.05, 0) is 52.1 Å². The zero-order chi connectivity index (χ0) is 20.4. The zero-order valence-electron chi connectivity index (χ0n) is 17.2. The quantitative estimate of drug-likeness (QED) is 0.697. The number of nitrogens with one attached hydrogen (secondary N) is 2. The van der Waals surface area contributed by atoms with E-state index < -0.39 is 11.7 Å². The van der Waals surface area contributed by atoms with Crippen molar-refractivity contribution in [2.75, 3.05) is 26.2 Å². The molecule has 1 aliphatic heterocycles. The number of ether oxygens (including phenoxy) is 2. The Bertz CT molecular complexity index is 616. The highest BCUT2D eigenvalue weighted by atomic mass is 16.6. The summed E-state index contributed by atoms with van der Waals surface area (Å²) >= 11 is 0. The second-order valence-electron chi connectivity index (χ2n) is 8.06. The Hall–Kier alpha value is -2.28. The van der Waals surface area contributed by atoms with Crippen LogP contribution in [0.15, 0.2) is 30.3 Å². The molecule has 2 amide bonds. The van der Waals surface area contributed by atoms with Gasteiger partial charge >= 0.3 is 12.2 Å². The van der Waals surface area contributed by atoms with Gasteiger partial charge in [0, 0.05) is 25.7 Å². The van der Waals surface area contributed by atoms with Crippen LogP contribution >= 0.6 is 0 Å². The van der Waals surface area contributed by atoms with Crippen molar-refractivity contribution in [3.05, 3.63) is 35.9 Å². The number of hydrogen-bond acceptors (Lipinski definition) is 5. The molecule has 1 saturated heterocycles. The standard InChI is InChI=1S/C21H33N3O4/c1-21(2,3)28-19(25)23-13-8-12-22-18-11-7-14-24(15-18)20(26)27-16-17-9-5-4-6-10-17/h4-6,9-10,18,22H,7-8,11-16H2,1-3H3,(H,23,25)/t18-/m0/s1. The molecule has 0 bridgehead atoms. The van der Waals surface area contributed by atoms with Crippen molar-refractivity contribution >= 4 is 12.2 Å². The summed E-state index contributed by atoms with van der Waals surface area (Å²) in [5.41, 5.74) is 0.503. The minimum Gasteiger partial charge on any atom is -0.445 e. The molecule has 1 fully saturated rings. The lowest BCUT2D eigenvalue weighted by molar-refractivity contribution is 0.0526. The third-order valence-electron chi connectivity index (χ3n) is 4.34. The van der Waals surface area contributed by atoms with Gasteiger partial charge in [-0.3, -0.25) is 0 Å². The Morgan fingerprint density at radius 1 is 1.18 bits per heavy atom. The van der Waals surface area contributed by atoms with Gasteiger partial charge in [-0.1, -0.05) is 30.3 Å². The van der Waals surface area contributed by atoms with E-state index in [2.05, 4.69) is 10.6 Å². The number of alkyl carbamates (subject to hydrolysis) is 1. The highest BCUT2D eigenvalue weighted by Crippen LogP contribution is 2.12. The summed E-state index contributed by atoms with van der Waals surface area (Å²) in [5.74, 6) is 0. The molecule has 1 heterocycles. The van der Waals surface area contributed by atoms with Crippen LogP contribution in [0.2, 0.25) is 0 Å². The summed E-state index contributed by atoms with van der Waals surface area (Å²) in [6.45, 7) is 8.52. The van der Waals surface area contributed by atoms with Crippen molar-refractivity contribution in [3.63, 3.8) is 0 Å². The monoisotopic (exact) mass is 391 g/mol. The van der Waals surface area contributed by atoms with Gasteiger partial charge in [0.05, 0.1) is 0 Å². The Kier molecular flexibility index (Phi) is 8.57. The summed E-state index contributed by atoms with van der Waals surface area (Å²) in [4.78, 5) is 25.7. The van der Waals surface area contributed by atoms with Gasteiger partial charge in [0.2, 0.25) is 0 Å². The third kappa shape index (κ3) is 8.61. The Labute approximate surface area is 167 Å². The lowest BCUT2D eigenvalue weighted by Gasteiger charge is -2.32. The van der Waals surface area contributed by atoms with E-state index in [1.54, 1.807) is 4.90 Å². The predicted octanol–water partition coefficient (Wildman–Crippen LogP) is 3.29. The molecule has 0 aromatic heterocycles. The largest absolute Gasteiger partial charge is 0.445 e. The molecule has 0 spiro atoms. The van der Waals surface area contributed by atoms with E-state index in [9.17, 15) is 9.59 Å². The molecule has 28 heavy (non-hydrogen) atoms. The maximum atomic E-state index is 12.3. The maximum Gasteiger partial charge on any atom is 0.410 e. The molecule has 1 aliphatic rings. The molecule has 1 aromatic rings. The summed E-state index contributed by atoms with van der Waals surface area (Å²) in [7, 11) is 0. The van der Waals surface area contributed by atoms with E-state index in [-0.39, 0.29) is 12.1 Å². The van der Waals surface area contributed by atoms with Gasteiger partial charge < -0.3 is 25.0 Å². The van der Waals surface area contributed by atoms with Crippen LogP contribution in [-0.2, 0) is 16.1 Å². The molecule has 7 heteroatoms. The summed E-state index contributed by atoms with van der Waals surface area (Å²) < 4.78 is 10.6. The molecule has 0 unspecified atom stereocenters. The molecule has 0 saturated carbocycles. The van der Waals surface area contributed by atoms with Crippen molar-refractivity contribution in [2.24, 2.45) is 0 Å². The average molecular weight is 392 g/mol. The van der Waals surface area contributed by atoms with Crippen LogP contribution in [0.4, 0.5) is 9.59 Å². The van der Waals surface area contributed by atoms with Crippen LogP contribution in [0.5, 0.6) is 0 Å². The number of carbonyl (C=O) groups is 2. The molecular formula is C21H33N3O4. The molecule has 2 rings (SSSR count). The number of likely N-dealkylation sites (tertiary alicyclic amines) is 1. The lowest BCUT2D eigenvalue weighted by atomic mass is 10.1. The van der Waals surface area contributed by atoms with Gasteiger partial charge in [-0.25, -0.2) is 9.59 Å². The first-order valence-corrected chi connectivity index (χ1v) is 9.99. The predicted molar refractivity (Wildman–Crippen MR) is 108 cm³/mol. The van der Waals surface area contributed by atoms with Gasteiger partial charge in [0.1, 0.15) is 12.2 Å². The fraction of sp³-hybridized carbons (Fsp3) is 0.619. The topological polar surface area (TPSA) is 79.9 Å². The van der Waals surface area contributed by atoms with Crippen LogP contribution in [0.1, 0.15) is 45.6 Å². The molecular weight excluding hydrogens is 358 g/mol. The second kappa shape index (κ2) is 10.9. The Morgan fingerprint density at radius 2 is 1.93 bits per heavy atom. The van der Waals surface area contributed by atoms with Crippen molar-refractivity contribution in [2.45, 2.75) is 58.3 Å². The summed E-state index contributed by atoms with van der Waals surface area (Å²) in [6, 6.07) is 9.94. The molecule has 0 radical (unpaired) electrons. The minimum atomic E-state index is -0.483. The van der Waals surface area contributed by atoms with E-state index >= 15 is 0 Å². The van der Waals surface area contributed by atoms with Crippen LogP contribution < -0.4 is 10.6 Å². The number of carbonyl (C=O) groups excluding carboxylic acids is 2. The van der Waals surface area contributed by atoms with E-state index in [0.29, 0.717) is 19.7 Å². The number of rotatable bonds is 7. The highest BCUT2D eigenvalue weighted by molar-refractivity contribution is 5.68. The number of benzene rings is 1. The van der Waals surface area contributed by atoms with E-state index in [4.69, 9.17) is 9.47 Å². The van der Waals surface area contributed by atoms with Gasteiger partial charge in [0.25, 0.3) is 0 Å². The van der Waals surface area contributed by atoms with Gasteiger partial charge in [0.15, 0.2) is 0 Å². The molecule has 1 aromatic carbocycles. The maximum absolute atomic E-state index is 12.3. The lowest BCUT2D eigenvalue weighted by Crippen LogP contribution is -2.48. The van der Waals surface area contributed by atoms with Crippen LogP contribution in [0.25, 0.3) is 0 Å². The molecule has 7 nitrogen and oxygen atoms in total.